The molecule has 0 saturated carbocycles. The Labute approximate surface area is 435 Å². The van der Waals surface area contributed by atoms with E-state index >= 15 is 0 Å². The molecule has 24 heteroatoms. The highest BCUT2D eigenvalue weighted by molar-refractivity contribution is 7.91. The van der Waals surface area contributed by atoms with Crippen molar-refractivity contribution in [2.75, 3.05) is 114 Å². The number of anilines is 2. The summed E-state index contributed by atoms with van der Waals surface area (Å²) in [5.74, 6) is 0. The van der Waals surface area contributed by atoms with E-state index in [0.717, 1.165) is 22.5 Å². The van der Waals surface area contributed by atoms with Gasteiger partial charge in [-0.3, -0.25) is 0 Å². The molecule has 18 nitrogen and oxygen atoms in total. The van der Waals surface area contributed by atoms with Crippen molar-refractivity contribution in [1.82, 2.24) is 17.2 Å². The summed E-state index contributed by atoms with van der Waals surface area (Å²) >= 11 is 2.35. The number of sulfonamides is 4. The lowest BCUT2D eigenvalue weighted by molar-refractivity contribution is -0.107. The fraction of sp³-hybridized carbons (Fsp3) is 0.583. The molecule has 4 fully saturated rings. The molecular weight excluding hydrogens is 1040 g/mol. The summed E-state index contributed by atoms with van der Waals surface area (Å²) in [7, 11) is -14.5. The van der Waals surface area contributed by atoms with Crippen molar-refractivity contribution in [3.63, 3.8) is 0 Å². The number of aliphatic hydroxyl groups is 2. The van der Waals surface area contributed by atoms with Crippen molar-refractivity contribution in [2.24, 2.45) is 10.8 Å². The van der Waals surface area contributed by atoms with Gasteiger partial charge in [-0.25, -0.2) is 33.7 Å². The topological polar surface area (TPSA) is 215 Å². The average Bonchev–Trinajstić information content (AvgIpc) is 4.04. The average molecular weight is 1120 g/mol. The van der Waals surface area contributed by atoms with Crippen LogP contribution in [-0.2, 0) is 60.8 Å². The van der Waals surface area contributed by atoms with Crippen molar-refractivity contribution >= 4 is 74.1 Å². The molecule has 0 spiro atoms. The molecule has 2 atom stereocenters. The van der Waals surface area contributed by atoms with Gasteiger partial charge in [-0.05, 0) is 86.0 Å². The normalized spacial score (nSPS) is 21.5. The van der Waals surface area contributed by atoms with Crippen molar-refractivity contribution in [3.8, 4) is 0 Å². The van der Waals surface area contributed by atoms with E-state index in [9.17, 15) is 43.9 Å². The minimum absolute atomic E-state index is 0.151. The van der Waals surface area contributed by atoms with Crippen LogP contribution in [0.15, 0.2) is 92.0 Å². The summed E-state index contributed by atoms with van der Waals surface area (Å²) in [6.07, 6.45) is 2.39. The third kappa shape index (κ3) is 13.5. The van der Waals surface area contributed by atoms with Gasteiger partial charge >= 0.3 is 0 Å². The van der Waals surface area contributed by atoms with Gasteiger partial charge in [0.2, 0.25) is 20.0 Å². The zero-order chi connectivity index (χ0) is 52.7. The van der Waals surface area contributed by atoms with Gasteiger partial charge < -0.3 is 29.5 Å². The zero-order valence-corrected chi connectivity index (χ0v) is 47.1. The number of hydrogen-bond donors (Lipinski definition) is 2. The van der Waals surface area contributed by atoms with Crippen LogP contribution in [0.5, 0.6) is 0 Å². The Hall–Kier alpha value is -3.08. The highest BCUT2D eigenvalue weighted by Gasteiger charge is 2.43. The Morgan fingerprint density at radius 1 is 0.569 bits per heavy atom. The van der Waals surface area contributed by atoms with Crippen molar-refractivity contribution in [1.29, 1.82) is 0 Å². The van der Waals surface area contributed by atoms with Crippen LogP contribution in [0.3, 0.4) is 0 Å². The van der Waals surface area contributed by atoms with E-state index in [4.69, 9.17) is 9.47 Å². The van der Waals surface area contributed by atoms with Crippen LogP contribution in [0, 0.1) is 10.8 Å². The first kappa shape index (κ1) is 56.6. The third-order valence-corrected chi connectivity index (χ3v) is 22.5. The molecule has 4 aliphatic rings. The van der Waals surface area contributed by atoms with E-state index in [1.807, 2.05) is 62.4 Å². The molecule has 0 unspecified atom stereocenters. The maximum atomic E-state index is 13.3. The number of hydrogen-bond acceptors (Lipinski definition) is 16. The van der Waals surface area contributed by atoms with Crippen molar-refractivity contribution in [2.45, 2.75) is 73.2 Å². The summed E-state index contributed by atoms with van der Waals surface area (Å²) in [4.78, 5) is 4.15. The Morgan fingerprint density at radius 2 is 0.903 bits per heavy atom. The van der Waals surface area contributed by atoms with Gasteiger partial charge in [0.25, 0.3) is 20.0 Å². The standard InChI is InChI=1S/2C24H35N3O6S3/c2*1-23(2,28)19-7-9-20(10-8-19)27-12-11-25(36(31,32)22-6-5-13-34-22)14-21(27)15-26(35(4,29)30)16-24(3)17-33-18-24/h2*5-10,13,21,28H,11-12,14-18H2,1-4H3/t2*21-/m11/s1. The Morgan fingerprint density at radius 3 is 1.15 bits per heavy atom. The molecule has 72 heavy (non-hydrogen) atoms. The van der Waals surface area contributed by atoms with Crippen LogP contribution in [-0.4, -0.2) is 178 Å². The predicted octanol–water partition coefficient (Wildman–Crippen LogP) is 4.31. The molecule has 8 rings (SSSR count). The summed E-state index contributed by atoms with van der Waals surface area (Å²) in [5.41, 5.74) is 0.729. The first-order chi connectivity index (χ1) is 33.4. The second-order valence-electron chi connectivity index (χ2n) is 21.2. The summed E-state index contributed by atoms with van der Waals surface area (Å²) < 4.78 is 121. The molecule has 0 bridgehead atoms. The largest absolute Gasteiger partial charge is 0.386 e. The fourth-order valence-corrected chi connectivity index (χ4v) is 16.5. The second-order valence-corrected chi connectivity index (χ2v) is 31.4. The van der Waals surface area contributed by atoms with Crippen LogP contribution in [0.1, 0.15) is 52.7 Å². The number of rotatable bonds is 18. The lowest BCUT2D eigenvalue weighted by Gasteiger charge is -2.46. The first-order valence-electron chi connectivity index (χ1n) is 23.7. The summed E-state index contributed by atoms with van der Waals surface area (Å²) in [6, 6.07) is 20.8. The quantitative estimate of drug-likeness (QED) is 0.142. The SMILES string of the molecule is CC1(CN(C[C@H]2CN(S(=O)(=O)c3cccs3)CCN2c2ccc(C(C)(C)O)cc2)S(C)(=O)=O)COC1.CC1(CN(C[C@H]2CN(S(=O)(=O)c3cccs3)CCN2c2ccc(C(C)(C)O)cc2)S(C)(=O)=O)COC1. The Kier molecular flexibility index (Phi) is 16.9. The number of ether oxygens (including phenoxy) is 2. The van der Waals surface area contributed by atoms with E-state index in [2.05, 4.69) is 9.80 Å². The molecule has 4 saturated heterocycles. The van der Waals surface area contributed by atoms with E-state index in [1.165, 1.54) is 52.4 Å². The highest BCUT2D eigenvalue weighted by atomic mass is 32.3. The summed E-state index contributed by atoms with van der Waals surface area (Å²) in [6.45, 7) is 15.5. The molecule has 400 valence electrons. The van der Waals surface area contributed by atoms with Crippen LogP contribution < -0.4 is 9.80 Å². The smallest absolute Gasteiger partial charge is 0.252 e. The number of piperazine rings is 2. The van der Waals surface area contributed by atoms with Gasteiger partial charge in [-0.1, -0.05) is 50.2 Å². The van der Waals surface area contributed by atoms with Gasteiger partial charge in [-0.2, -0.15) is 17.2 Å². The Balaban J connectivity index is 0.000000211. The van der Waals surface area contributed by atoms with Crippen LogP contribution in [0.4, 0.5) is 11.4 Å². The minimum Gasteiger partial charge on any atom is -0.386 e. The van der Waals surface area contributed by atoms with E-state index in [1.54, 1.807) is 62.7 Å². The van der Waals surface area contributed by atoms with Crippen LogP contribution in [0.25, 0.3) is 0 Å². The second kappa shape index (κ2) is 21.5. The lowest BCUT2D eigenvalue weighted by Crippen LogP contribution is -2.60. The fourth-order valence-electron chi connectivity index (χ4n) is 9.32. The third-order valence-electron chi connectivity index (χ3n) is 13.6. The number of benzene rings is 2. The van der Waals surface area contributed by atoms with Crippen molar-refractivity contribution in [3.05, 3.63) is 94.7 Å². The Bertz CT molecular complexity index is 2700. The number of thiophene rings is 2. The van der Waals surface area contributed by atoms with Gasteiger partial charge in [-0.15, -0.1) is 22.7 Å². The van der Waals surface area contributed by atoms with Gasteiger partial charge in [0.05, 0.1) is 62.2 Å². The maximum absolute atomic E-state index is 13.3. The molecule has 6 heterocycles. The lowest BCUT2D eigenvalue weighted by atomic mass is 9.88. The molecule has 4 aromatic rings. The van der Waals surface area contributed by atoms with Crippen LogP contribution in [0.2, 0.25) is 0 Å². The number of nitrogens with zero attached hydrogens (tertiary/aromatic N) is 6. The molecule has 2 aromatic carbocycles. The molecule has 0 amide bonds. The molecule has 2 aromatic heterocycles. The molecule has 4 aliphatic heterocycles. The highest BCUT2D eigenvalue weighted by Crippen LogP contribution is 2.35. The predicted molar refractivity (Wildman–Crippen MR) is 282 cm³/mol. The van der Waals surface area contributed by atoms with E-state index < -0.39 is 63.4 Å². The van der Waals surface area contributed by atoms with E-state index in [-0.39, 0.29) is 58.5 Å². The maximum Gasteiger partial charge on any atom is 0.252 e. The minimum atomic E-state index is -3.68. The first-order valence-corrected chi connectivity index (χ1v) is 32.0. The zero-order valence-electron chi connectivity index (χ0n) is 42.2. The van der Waals surface area contributed by atoms with Crippen molar-refractivity contribution < 1.29 is 53.4 Å². The summed E-state index contributed by atoms with van der Waals surface area (Å²) in [5, 5.41) is 24.1. The van der Waals surface area contributed by atoms with Gasteiger partial charge in [0, 0.05) is 87.7 Å². The van der Waals surface area contributed by atoms with E-state index in [0.29, 0.717) is 52.6 Å². The molecule has 2 N–H and O–H groups in total. The van der Waals surface area contributed by atoms with Crippen LogP contribution >= 0.6 is 22.7 Å². The molecule has 0 radical (unpaired) electrons. The monoisotopic (exact) mass is 1110 g/mol. The van der Waals surface area contributed by atoms with Gasteiger partial charge in [0.1, 0.15) is 8.42 Å². The van der Waals surface area contributed by atoms with Gasteiger partial charge in [0.15, 0.2) is 0 Å². The molecule has 0 aliphatic carbocycles. The molecular formula is C48H70N6O12S6.